The molecule has 2 rings (SSSR count). The first kappa shape index (κ1) is 13.8. The van der Waals surface area contributed by atoms with Crippen LogP contribution in [-0.2, 0) is 6.61 Å². The van der Waals surface area contributed by atoms with E-state index in [4.69, 9.17) is 9.47 Å². The van der Waals surface area contributed by atoms with Crippen molar-refractivity contribution >= 4 is 12.6 Å². The van der Waals surface area contributed by atoms with E-state index in [0.29, 0.717) is 13.2 Å². The SMILES string of the molecule is SCCCOc1ccc(OCc2ccccc2)cc1. The Morgan fingerprint density at radius 1 is 0.789 bits per heavy atom. The summed E-state index contributed by atoms with van der Waals surface area (Å²) in [6.45, 7) is 1.29. The molecule has 2 aromatic carbocycles. The summed E-state index contributed by atoms with van der Waals surface area (Å²) in [6, 6.07) is 17.8. The lowest BCUT2D eigenvalue weighted by atomic mass is 10.2. The third-order valence-electron chi connectivity index (χ3n) is 2.64. The van der Waals surface area contributed by atoms with Gasteiger partial charge in [-0.25, -0.2) is 0 Å². The fraction of sp³-hybridized carbons (Fsp3) is 0.250. The van der Waals surface area contributed by atoms with Crippen LogP contribution < -0.4 is 9.47 Å². The lowest BCUT2D eigenvalue weighted by Crippen LogP contribution is -1.98. The zero-order valence-corrected chi connectivity index (χ0v) is 11.7. The molecular weight excluding hydrogens is 256 g/mol. The summed E-state index contributed by atoms with van der Waals surface area (Å²) in [6.07, 6.45) is 0.954. The molecule has 0 saturated carbocycles. The second-order valence-corrected chi connectivity index (χ2v) is 4.62. The molecule has 0 unspecified atom stereocenters. The van der Waals surface area contributed by atoms with Gasteiger partial charge in [0.1, 0.15) is 18.1 Å². The van der Waals surface area contributed by atoms with Crippen LogP contribution >= 0.6 is 12.6 Å². The molecule has 2 aromatic rings. The van der Waals surface area contributed by atoms with Crippen LogP contribution in [0.25, 0.3) is 0 Å². The molecule has 100 valence electrons. The molecule has 0 aliphatic heterocycles. The Balaban J connectivity index is 1.81. The third-order valence-corrected chi connectivity index (χ3v) is 2.96. The van der Waals surface area contributed by atoms with Gasteiger partial charge in [-0.3, -0.25) is 0 Å². The Morgan fingerprint density at radius 2 is 1.42 bits per heavy atom. The molecule has 0 heterocycles. The van der Waals surface area contributed by atoms with Crippen molar-refractivity contribution in [1.29, 1.82) is 0 Å². The van der Waals surface area contributed by atoms with Gasteiger partial charge in [-0.2, -0.15) is 12.6 Å². The van der Waals surface area contributed by atoms with Gasteiger partial charge < -0.3 is 9.47 Å². The standard InChI is InChI=1S/C16H18O2S/c19-12-4-11-17-15-7-9-16(10-8-15)18-13-14-5-2-1-3-6-14/h1-3,5-10,19H,4,11-13H2. The monoisotopic (exact) mass is 274 g/mol. The van der Waals surface area contributed by atoms with Gasteiger partial charge in [-0.1, -0.05) is 30.3 Å². The minimum absolute atomic E-state index is 0.584. The van der Waals surface area contributed by atoms with Gasteiger partial charge in [-0.15, -0.1) is 0 Å². The van der Waals surface area contributed by atoms with Crippen LogP contribution in [0.15, 0.2) is 54.6 Å². The fourth-order valence-corrected chi connectivity index (χ4v) is 1.76. The highest BCUT2D eigenvalue weighted by Gasteiger charge is 1.97. The molecule has 19 heavy (non-hydrogen) atoms. The van der Waals surface area contributed by atoms with E-state index in [1.165, 1.54) is 0 Å². The Labute approximate surface area is 119 Å². The summed E-state index contributed by atoms with van der Waals surface area (Å²) in [5, 5.41) is 0. The first-order valence-corrected chi connectivity index (χ1v) is 7.02. The molecule has 0 amide bonds. The van der Waals surface area contributed by atoms with Crippen molar-refractivity contribution in [2.45, 2.75) is 13.0 Å². The van der Waals surface area contributed by atoms with Crippen LogP contribution in [0.3, 0.4) is 0 Å². The normalized spacial score (nSPS) is 10.2. The van der Waals surface area contributed by atoms with E-state index in [-0.39, 0.29) is 0 Å². The number of rotatable bonds is 7. The Morgan fingerprint density at radius 3 is 2.05 bits per heavy atom. The molecule has 0 bridgehead atoms. The molecule has 0 aliphatic carbocycles. The molecule has 0 aliphatic rings. The molecule has 0 N–H and O–H groups in total. The molecule has 0 atom stereocenters. The van der Waals surface area contributed by atoms with Crippen molar-refractivity contribution in [3.05, 3.63) is 60.2 Å². The zero-order chi connectivity index (χ0) is 13.3. The van der Waals surface area contributed by atoms with E-state index in [0.717, 1.165) is 29.2 Å². The molecular formula is C16H18O2S. The molecule has 0 spiro atoms. The lowest BCUT2D eigenvalue weighted by molar-refractivity contribution is 0.301. The van der Waals surface area contributed by atoms with E-state index in [1.54, 1.807) is 0 Å². The number of hydrogen-bond acceptors (Lipinski definition) is 3. The van der Waals surface area contributed by atoms with E-state index in [2.05, 4.69) is 24.8 Å². The Kier molecular flexibility index (Phi) is 5.63. The first-order valence-electron chi connectivity index (χ1n) is 6.39. The molecule has 3 heteroatoms. The highest BCUT2D eigenvalue weighted by atomic mass is 32.1. The summed E-state index contributed by atoms with van der Waals surface area (Å²) < 4.78 is 11.3. The summed E-state index contributed by atoms with van der Waals surface area (Å²) in [4.78, 5) is 0. The predicted molar refractivity (Wildman–Crippen MR) is 81.2 cm³/mol. The molecule has 0 radical (unpaired) electrons. The number of ether oxygens (including phenoxy) is 2. The predicted octanol–water partition coefficient (Wildman–Crippen LogP) is 3.96. The van der Waals surface area contributed by atoms with E-state index < -0.39 is 0 Å². The minimum Gasteiger partial charge on any atom is -0.494 e. The highest BCUT2D eigenvalue weighted by Crippen LogP contribution is 2.18. The fourth-order valence-electron chi connectivity index (χ4n) is 1.63. The number of thiol groups is 1. The van der Waals surface area contributed by atoms with E-state index in [1.807, 2.05) is 42.5 Å². The summed E-state index contributed by atoms with van der Waals surface area (Å²) >= 11 is 4.15. The van der Waals surface area contributed by atoms with Crippen molar-refractivity contribution in [3.63, 3.8) is 0 Å². The highest BCUT2D eigenvalue weighted by molar-refractivity contribution is 7.80. The van der Waals surface area contributed by atoms with E-state index >= 15 is 0 Å². The quantitative estimate of drug-likeness (QED) is 0.608. The Bertz CT molecular complexity index is 468. The largest absolute Gasteiger partial charge is 0.494 e. The molecule has 0 fully saturated rings. The second kappa shape index (κ2) is 7.74. The van der Waals surface area contributed by atoms with Gasteiger partial charge >= 0.3 is 0 Å². The maximum absolute atomic E-state index is 5.70. The maximum Gasteiger partial charge on any atom is 0.120 e. The third kappa shape index (κ3) is 4.87. The van der Waals surface area contributed by atoms with Crippen LogP contribution in [0.4, 0.5) is 0 Å². The van der Waals surface area contributed by atoms with Gasteiger partial charge in [0, 0.05) is 0 Å². The van der Waals surface area contributed by atoms with Gasteiger partial charge in [0.25, 0.3) is 0 Å². The van der Waals surface area contributed by atoms with Crippen molar-refractivity contribution in [1.82, 2.24) is 0 Å². The summed E-state index contributed by atoms with van der Waals surface area (Å²) in [5.41, 5.74) is 1.16. The lowest BCUT2D eigenvalue weighted by Gasteiger charge is -2.08. The van der Waals surface area contributed by atoms with Crippen LogP contribution in [0.2, 0.25) is 0 Å². The first-order chi connectivity index (χ1) is 9.38. The van der Waals surface area contributed by atoms with Crippen LogP contribution in [0.1, 0.15) is 12.0 Å². The number of benzene rings is 2. The molecule has 2 nitrogen and oxygen atoms in total. The van der Waals surface area contributed by atoms with Crippen molar-refractivity contribution in [3.8, 4) is 11.5 Å². The van der Waals surface area contributed by atoms with Crippen LogP contribution in [0, 0.1) is 0 Å². The average molecular weight is 274 g/mol. The second-order valence-electron chi connectivity index (χ2n) is 4.17. The van der Waals surface area contributed by atoms with Crippen molar-refractivity contribution < 1.29 is 9.47 Å². The van der Waals surface area contributed by atoms with E-state index in [9.17, 15) is 0 Å². The van der Waals surface area contributed by atoms with Gasteiger partial charge in [0.15, 0.2) is 0 Å². The average Bonchev–Trinajstić information content (AvgIpc) is 2.48. The zero-order valence-electron chi connectivity index (χ0n) is 10.8. The summed E-state index contributed by atoms with van der Waals surface area (Å²) in [5.74, 6) is 2.57. The van der Waals surface area contributed by atoms with Crippen molar-refractivity contribution in [2.75, 3.05) is 12.4 Å². The topological polar surface area (TPSA) is 18.5 Å². The van der Waals surface area contributed by atoms with Crippen LogP contribution in [0.5, 0.6) is 11.5 Å². The number of hydrogen-bond donors (Lipinski definition) is 1. The minimum atomic E-state index is 0.584. The van der Waals surface area contributed by atoms with Crippen molar-refractivity contribution in [2.24, 2.45) is 0 Å². The van der Waals surface area contributed by atoms with Crippen LogP contribution in [-0.4, -0.2) is 12.4 Å². The maximum atomic E-state index is 5.70. The van der Waals surface area contributed by atoms with Gasteiger partial charge in [0.05, 0.1) is 6.61 Å². The summed E-state index contributed by atoms with van der Waals surface area (Å²) in [7, 11) is 0. The molecule has 0 aromatic heterocycles. The van der Waals surface area contributed by atoms with Gasteiger partial charge in [-0.05, 0) is 42.0 Å². The molecule has 0 saturated heterocycles. The smallest absolute Gasteiger partial charge is 0.120 e. The Hall–Kier alpha value is -1.61. The van der Waals surface area contributed by atoms with Gasteiger partial charge in [0.2, 0.25) is 0 Å².